The van der Waals surface area contributed by atoms with Crippen LogP contribution in [0.25, 0.3) is 0 Å². The molecule has 0 spiro atoms. The zero-order valence-electron chi connectivity index (χ0n) is 17.3. The van der Waals surface area contributed by atoms with Crippen LogP contribution in [0.1, 0.15) is 30.6 Å². The minimum Gasteiger partial charge on any atom is -0.481 e. The molecule has 3 amide bonds. The molecule has 0 fully saturated rings. The highest BCUT2D eigenvalue weighted by Crippen LogP contribution is 2.09. The van der Waals surface area contributed by atoms with E-state index in [1.165, 1.54) is 13.8 Å². The van der Waals surface area contributed by atoms with E-state index in [1.807, 2.05) is 0 Å². The number of aliphatic carboxylic acids is 1. The van der Waals surface area contributed by atoms with Crippen molar-refractivity contribution in [2.45, 2.75) is 49.5 Å². The van der Waals surface area contributed by atoms with Gasteiger partial charge in [-0.05, 0) is 38.1 Å². The van der Waals surface area contributed by atoms with Crippen LogP contribution in [0.4, 0.5) is 0 Å². The van der Waals surface area contributed by atoms with Crippen LogP contribution in [-0.2, 0) is 24.4 Å². The molecule has 1 aromatic carbocycles. The number of hydrogen-bond donors (Lipinski definition) is 7. The molecule has 0 aliphatic rings. The first-order valence-electron chi connectivity index (χ1n) is 9.33. The summed E-state index contributed by atoms with van der Waals surface area (Å²) in [6, 6.07) is 1.47. The SMILES string of the molecule is C[C@@H](O)[C@H](NC(=O)c1ccc(S(N)(=O)=O)cc1)C(=O)N[C@H](C(=O)NCCC(=O)O)[C@@H](C)O. The summed E-state index contributed by atoms with van der Waals surface area (Å²) >= 11 is 0. The summed E-state index contributed by atoms with van der Waals surface area (Å²) in [5.74, 6) is -3.83. The number of carbonyl (C=O) groups is 4. The van der Waals surface area contributed by atoms with Crippen molar-refractivity contribution in [3.8, 4) is 0 Å². The van der Waals surface area contributed by atoms with Gasteiger partial charge in [0.1, 0.15) is 12.1 Å². The van der Waals surface area contributed by atoms with Gasteiger partial charge in [0.05, 0.1) is 23.5 Å². The van der Waals surface area contributed by atoms with E-state index in [2.05, 4.69) is 16.0 Å². The van der Waals surface area contributed by atoms with Crippen LogP contribution in [-0.4, -0.2) is 78.3 Å². The topological polar surface area (TPSA) is 225 Å². The quantitative estimate of drug-likeness (QED) is 0.176. The molecule has 1 aromatic rings. The molecule has 0 bridgehead atoms. The molecule has 4 atom stereocenters. The average Bonchev–Trinajstić information content (AvgIpc) is 2.68. The van der Waals surface area contributed by atoms with Crippen molar-refractivity contribution in [2.75, 3.05) is 6.54 Å². The predicted molar refractivity (Wildman–Crippen MR) is 110 cm³/mol. The van der Waals surface area contributed by atoms with Crippen molar-refractivity contribution in [1.29, 1.82) is 0 Å². The molecular weight excluding hydrogens is 448 g/mol. The summed E-state index contributed by atoms with van der Waals surface area (Å²) in [7, 11) is -3.97. The van der Waals surface area contributed by atoms with Gasteiger partial charge in [0, 0.05) is 12.1 Å². The van der Waals surface area contributed by atoms with Crippen LogP contribution in [0, 0.1) is 0 Å². The van der Waals surface area contributed by atoms with E-state index >= 15 is 0 Å². The molecule has 1 rings (SSSR count). The van der Waals surface area contributed by atoms with E-state index in [0.29, 0.717) is 0 Å². The zero-order valence-corrected chi connectivity index (χ0v) is 18.1. The van der Waals surface area contributed by atoms with E-state index in [4.69, 9.17) is 10.2 Å². The largest absolute Gasteiger partial charge is 0.481 e. The van der Waals surface area contributed by atoms with E-state index in [0.717, 1.165) is 24.3 Å². The fourth-order valence-corrected chi connectivity index (χ4v) is 2.99. The highest BCUT2D eigenvalue weighted by molar-refractivity contribution is 7.89. The van der Waals surface area contributed by atoms with Crippen LogP contribution in [0.15, 0.2) is 29.2 Å². The number of carbonyl (C=O) groups excluding carboxylic acids is 3. The summed E-state index contributed by atoms with van der Waals surface area (Å²) in [6.45, 7) is 2.18. The Morgan fingerprint density at radius 1 is 0.938 bits per heavy atom. The van der Waals surface area contributed by atoms with Gasteiger partial charge in [-0.15, -0.1) is 0 Å². The molecule has 13 nitrogen and oxygen atoms in total. The highest BCUT2D eigenvalue weighted by Gasteiger charge is 2.32. The molecule has 8 N–H and O–H groups in total. The molecule has 0 saturated carbocycles. The Kier molecular flexibility index (Phi) is 9.71. The number of primary sulfonamides is 1. The average molecular weight is 474 g/mol. The van der Waals surface area contributed by atoms with Crippen LogP contribution in [0.5, 0.6) is 0 Å². The van der Waals surface area contributed by atoms with Crippen molar-refractivity contribution in [1.82, 2.24) is 16.0 Å². The maximum Gasteiger partial charge on any atom is 0.305 e. The van der Waals surface area contributed by atoms with E-state index < -0.39 is 58.0 Å². The summed E-state index contributed by atoms with van der Waals surface area (Å²) in [6.07, 6.45) is -3.16. The van der Waals surface area contributed by atoms with Gasteiger partial charge < -0.3 is 31.3 Å². The first kappa shape index (κ1) is 27.0. The van der Waals surface area contributed by atoms with Gasteiger partial charge in [0.15, 0.2) is 0 Å². The molecule has 0 aromatic heterocycles. The van der Waals surface area contributed by atoms with Gasteiger partial charge >= 0.3 is 5.97 Å². The number of aliphatic hydroxyl groups is 2. The Labute approximate surface area is 184 Å². The summed E-state index contributed by atoms with van der Waals surface area (Å²) in [5.41, 5.74) is -0.0330. The van der Waals surface area contributed by atoms with Crippen molar-refractivity contribution < 1.29 is 42.9 Å². The molecule has 0 aliphatic carbocycles. The van der Waals surface area contributed by atoms with Crippen molar-refractivity contribution >= 4 is 33.7 Å². The Morgan fingerprint density at radius 3 is 1.88 bits per heavy atom. The first-order chi connectivity index (χ1) is 14.7. The van der Waals surface area contributed by atoms with Crippen LogP contribution < -0.4 is 21.1 Å². The number of rotatable bonds is 11. The Morgan fingerprint density at radius 2 is 1.44 bits per heavy atom. The minimum absolute atomic E-state index is 0.0330. The maximum absolute atomic E-state index is 12.6. The van der Waals surface area contributed by atoms with Crippen molar-refractivity contribution in [3.63, 3.8) is 0 Å². The Bertz CT molecular complexity index is 946. The number of nitrogens with one attached hydrogen (secondary N) is 3. The zero-order chi connectivity index (χ0) is 24.6. The van der Waals surface area contributed by atoms with Gasteiger partial charge in [-0.25, -0.2) is 13.6 Å². The normalized spacial score (nSPS) is 15.0. The lowest BCUT2D eigenvalue weighted by Crippen LogP contribution is -2.59. The van der Waals surface area contributed by atoms with Crippen LogP contribution >= 0.6 is 0 Å². The fourth-order valence-electron chi connectivity index (χ4n) is 2.48. The maximum atomic E-state index is 12.6. The molecule has 14 heteroatoms. The number of carboxylic acids is 1. The second-order valence-corrected chi connectivity index (χ2v) is 8.48. The summed E-state index contributed by atoms with van der Waals surface area (Å²) in [5, 5.41) is 40.0. The van der Waals surface area contributed by atoms with E-state index in [9.17, 15) is 37.8 Å². The number of aliphatic hydroxyl groups excluding tert-OH is 2. The minimum atomic E-state index is -3.97. The second kappa shape index (κ2) is 11.5. The van der Waals surface area contributed by atoms with E-state index in [-0.39, 0.29) is 23.4 Å². The lowest BCUT2D eigenvalue weighted by Gasteiger charge is -2.26. The number of amides is 3. The molecule has 0 saturated heterocycles. The van der Waals surface area contributed by atoms with Crippen molar-refractivity contribution in [3.05, 3.63) is 29.8 Å². The number of hydrogen-bond acceptors (Lipinski definition) is 8. The molecule has 32 heavy (non-hydrogen) atoms. The van der Waals surface area contributed by atoms with Crippen molar-refractivity contribution in [2.24, 2.45) is 5.14 Å². The fraction of sp³-hybridized carbons (Fsp3) is 0.444. The molecule has 0 unspecified atom stereocenters. The lowest BCUT2D eigenvalue weighted by molar-refractivity contribution is -0.137. The number of benzene rings is 1. The predicted octanol–water partition coefficient (Wildman–Crippen LogP) is -2.73. The van der Waals surface area contributed by atoms with Gasteiger partial charge in [-0.1, -0.05) is 0 Å². The Balaban J connectivity index is 2.90. The summed E-state index contributed by atoms with van der Waals surface area (Å²) in [4.78, 5) is 47.5. The summed E-state index contributed by atoms with van der Waals surface area (Å²) < 4.78 is 22.6. The van der Waals surface area contributed by atoms with Gasteiger partial charge in [-0.3, -0.25) is 19.2 Å². The third-order valence-electron chi connectivity index (χ3n) is 4.20. The number of sulfonamides is 1. The molecule has 0 radical (unpaired) electrons. The lowest BCUT2D eigenvalue weighted by atomic mass is 10.1. The monoisotopic (exact) mass is 474 g/mol. The molecular formula is C18H26N4O9S. The van der Waals surface area contributed by atoms with E-state index in [1.54, 1.807) is 0 Å². The highest BCUT2D eigenvalue weighted by atomic mass is 32.2. The number of nitrogens with two attached hydrogens (primary N) is 1. The second-order valence-electron chi connectivity index (χ2n) is 6.92. The van der Waals surface area contributed by atoms with Gasteiger partial charge in [0.2, 0.25) is 21.8 Å². The standard InChI is InChI=1S/C18H26N4O9S/c1-9(23)14(17(28)20-8-7-13(25)26)22-18(29)15(10(2)24)21-16(27)11-3-5-12(6-4-11)32(19,30)31/h3-6,9-10,14-15,23-24H,7-8H2,1-2H3,(H,20,28)(H,21,27)(H,22,29)(H,25,26)(H2,19,30,31)/t9-,10-,14+,15+/m1/s1. The first-order valence-corrected chi connectivity index (χ1v) is 10.9. The third-order valence-corrected chi connectivity index (χ3v) is 5.13. The van der Waals surface area contributed by atoms with Crippen LogP contribution in [0.2, 0.25) is 0 Å². The molecule has 178 valence electrons. The van der Waals surface area contributed by atoms with Gasteiger partial charge in [-0.2, -0.15) is 0 Å². The molecule has 0 heterocycles. The molecule has 0 aliphatic heterocycles. The van der Waals surface area contributed by atoms with Gasteiger partial charge in [0.25, 0.3) is 5.91 Å². The smallest absolute Gasteiger partial charge is 0.305 e. The Hall–Kier alpha value is -3.07. The number of carboxylic acid groups (broad SMARTS) is 1. The third kappa shape index (κ3) is 8.22. The van der Waals surface area contributed by atoms with Crippen LogP contribution in [0.3, 0.4) is 0 Å².